The molecule has 2 aromatic carbocycles. The third kappa shape index (κ3) is 5.16. The first kappa shape index (κ1) is 23.6. The molecule has 8 nitrogen and oxygen atoms in total. The van der Waals surface area contributed by atoms with Crippen LogP contribution in [-0.2, 0) is 10.8 Å². The second kappa shape index (κ2) is 10.6. The minimum absolute atomic E-state index is 0.201. The number of likely N-dealkylation sites (N-methyl/N-ethyl adjacent to an activating group) is 1. The normalized spacial score (nSPS) is 19.0. The van der Waals surface area contributed by atoms with Gasteiger partial charge in [0.1, 0.15) is 0 Å². The highest BCUT2D eigenvalue weighted by molar-refractivity contribution is 7.85. The SMILES string of the molecule is CCNN1C(=O)c2ccccc2S(=O)c2ccc(C(=O)NCCCN3CCN(C)CC3)cc21. The minimum Gasteiger partial charge on any atom is -0.352 e. The van der Waals surface area contributed by atoms with Gasteiger partial charge in [0.2, 0.25) is 0 Å². The molecule has 1 saturated heterocycles. The highest BCUT2D eigenvalue weighted by Gasteiger charge is 2.31. The standard InChI is InChI=1S/C24H31N5O3S/c1-3-26-29-20-17-18(23(30)25-11-6-12-28-15-13-27(2)14-16-28)9-10-22(20)33(32)21-8-5-4-7-19(21)24(29)31/h4-5,7-10,17,26H,3,6,11-16H2,1-2H3,(H,25,30). The molecular weight excluding hydrogens is 438 g/mol. The fraction of sp³-hybridized carbons (Fsp3) is 0.417. The number of hydrogen-bond acceptors (Lipinski definition) is 6. The Bertz CT molecular complexity index is 1050. The van der Waals surface area contributed by atoms with E-state index in [0.29, 0.717) is 39.7 Å². The Morgan fingerprint density at radius 1 is 1.06 bits per heavy atom. The van der Waals surface area contributed by atoms with E-state index < -0.39 is 10.8 Å². The number of hydrogen-bond donors (Lipinski definition) is 2. The summed E-state index contributed by atoms with van der Waals surface area (Å²) in [6, 6.07) is 11.9. The number of rotatable bonds is 7. The number of anilines is 1. The lowest BCUT2D eigenvalue weighted by molar-refractivity contribution is 0.0944. The molecule has 176 valence electrons. The Hall–Kier alpha value is -2.59. The smallest absolute Gasteiger partial charge is 0.273 e. The summed E-state index contributed by atoms with van der Waals surface area (Å²) in [5.41, 5.74) is 4.33. The van der Waals surface area contributed by atoms with Gasteiger partial charge in [-0.1, -0.05) is 19.1 Å². The van der Waals surface area contributed by atoms with Crippen molar-refractivity contribution in [1.82, 2.24) is 20.5 Å². The Kier molecular flexibility index (Phi) is 7.54. The zero-order valence-electron chi connectivity index (χ0n) is 19.2. The number of fused-ring (bicyclic) bond motifs is 2. The molecule has 1 unspecified atom stereocenters. The van der Waals surface area contributed by atoms with Crippen molar-refractivity contribution in [1.29, 1.82) is 0 Å². The van der Waals surface area contributed by atoms with Crippen molar-refractivity contribution >= 4 is 28.3 Å². The maximum atomic E-state index is 13.3. The van der Waals surface area contributed by atoms with E-state index in [1.54, 1.807) is 42.5 Å². The maximum Gasteiger partial charge on any atom is 0.273 e. The Labute approximate surface area is 197 Å². The van der Waals surface area contributed by atoms with Gasteiger partial charge in [0.05, 0.1) is 31.8 Å². The molecule has 2 N–H and O–H groups in total. The van der Waals surface area contributed by atoms with Crippen LogP contribution in [0.1, 0.15) is 34.1 Å². The van der Waals surface area contributed by atoms with Crippen molar-refractivity contribution in [2.45, 2.75) is 23.1 Å². The van der Waals surface area contributed by atoms with Gasteiger partial charge in [0, 0.05) is 44.8 Å². The fourth-order valence-electron chi connectivity index (χ4n) is 4.14. The number of benzene rings is 2. The van der Waals surface area contributed by atoms with Crippen molar-refractivity contribution in [3.63, 3.8) is 0 Å². The van der Waals surface area contributed by atoms with Crippen LogP contribution in [0.15, 0.2) is 52.3 Å². The highest BCUT2D eigenvalue weighted by Crippen LogP contribution is 2.34. The zero-order valence-corrected chi connectivity index (χ0v) is 20.0. The maximum absolute atomic E-state index is 13.3. The van der Waals surface area contributed by atoms with Crippen LogP contribution in [0, 0.1) is 0 Å². The van der Waals surface area contributed by atoms with E-state index in [9.17, 15) is 13.8 Å². The van der Waals surface area contributed by atoms with Crippen LogP contribution < -0.4 is 15.8 Å². The van der Waals surface area contributed by atoms with Crippen molar-refractivity contribution in [3.05, 3.63) is 53.6 Å². The van der Waals surface area contributed by atoms with Crippen LogP contribution in [0.4, 0.5) is 5.69 Å². The van der Waals surface area contributed by atoms with Crippen LogP contribution in [0.5, 0.6) is 0 Å². The van der Waals surface area contributed by atoms with E-state index in [4.69, 9.17) is 0 Å². The lowest BCUT2D eigenvalue weighted by atomic mass is 10.1. The summed E-state index contributed by atoms with van der Waals surface area (Å²) in [6.45, 7) is 8.20. The molecule has 0 aliphatic carbocycles. The minimum atomic E-state index is -1.53. The quantitative estimate of drug-likeness (QED) is 0.601. The lowest BCUT2D eigenvalue weighted by Gasteiger charge is -2.32. The molecule has 0 radical (unpaired) electrons. The second-order valence-electron chi connectivity index (χ2n) is 8.35. The Balaban J connectivity index is 1.48. The molecule has 2 aliphatic rings. The van der Waals surface area contributed by atoms with Crippen LogP contribution in [-0.4, -0.2) is 78.7 Å². The number of nitrogens with zero attached hydrogens (tertiary/aromatic N) is 3. The average molecular weight is 470 g/mol. The average Bonchev–Trinajstić information content (AvgIpc) is 2.92. The van der Waals surface area contributed by atoms with Gasteiger partial charge in [-0.25, -0.2) is 14.6 Å². The summed E-state index contributed by atoms with van der Waals surface area (Å²) in [5.74, 6) is -0.489. The van der Waals surface area contributed by atoms with Crippen molar-refractivity contribution < 1.29 is 13.8 Å². The van der Waals surface area contributed by atoms with Crippen molar-refractivity contribution in [2.24, 2.45) is 0 Å². The first-order chi connectivity index (χ1) is 16.0. The van der Waals surface area contributed by atoms with E-state index in [1.807, 2.05) is 6.92 Å². The second-order valence-corrected chi connectivity index (χ2v) is 9.77. The first-order valence-electron chi connectivity index (χ1n) is 11.4. The van der Waals surface area contributed by atoms with Crippen LogP contribution >= 0.6 is 0 Å². The van der Waals surface area contributed by atoms with Crippen LogP contribution in [0.3, 0.4) is 0 Å². The predicted octanol–water partition coefficient (Wildman–Crippen LogP) is 1.71. The monoisotopic (exact) mass is 469 g/mol. The molecule has 1 fully saturated rings. The predicted molar refractivity (Wildman–Crippen MR) is 129 cm³/mol. The molecule has 0 aromatic heterocycles. The Morgan fingerprint density at radius 3 is 2.58 bits per heavy atom. The van der Waals surface area contributed by atoms with E-state index in [1.165, 1.54) is 5.01 Å². The van der Waals surface area contributed by atoms with E-state index in [-0.39, 0.29) is 11.8 Å². The topological polar surface area (TPSA) is 85.0 Å². The number of carbonyl (C=O) groups excluding carboxylic acids is 2. The molecule has 2 aliphatic heterocycles. The van der Waals surface area contributed by atoms with Gasteiger partial charge in [-0.05, 0) is 50.3 Å². The molecule has 33 heavy (non-hydrogen) atoms. The zero-order chi connectivity index (χ0) is 23.4. The molecule has 9 heteroatoms. The van der Waals surface area contributed by atoms with Gasteiger partial charge in [-0.2, -0.15) is 0 Å². The third-order valence-corrected chi connectivity index (χ3v) is 7.53. The van der Waals surface area contributed by atoms with Crippen molar-refractivity contribution in [3.8, 4) is 0 Å². The summed E-state index contributed by atoms with van der Waals surface area (Å²) in [5, 5.41) is 4.39. The number of piperazine rings is 1. The molecule has 0 spiro atoms. The van der Waals surface area contributed by atoms with Crippen LogP contribution in [0.25, 0.3) is 0 Å². The summed E-state index contributed by atoms with van der Waals surface area (Å²) in [6.07, 6.45) is 0.877. The molecular formula is C24H31N5O3S. The van der Waals surface area contributed by atoms with Gasteiger partial charge >= 0.3 is 0 Å². The Morgan fingerprint density at radius 2 is 1.82 bits per heavy atom. The fourth-order valence-corrected chi connectivity index (χ4v) is 5.46. The summed E-state index contributed by atoms with van der Waals surface area (Å²) in [4.78, 5) is 31.8. The van der Waals surface area contributed by atoms with Gasteiger partial charge in [0.25, 0.3) is 11.8 Å². The summed E-state index contributed by atoms with van der Waals surface area (Å²) in [7, 11) is 0.607. The van der Waals surface area contributed by atoms with Crippen molar-refractivity contribution in [2.75, 3.05) is 57.9 Å². The molecule has 0 bridgehead atoms. The van der Waals surface area contributed by atoms with Gasteiger partial charge in [-0.15, -0.1) is 0 Å². The molecule has 2 amide bonds. The van der Waals surface area contributed by atoms with E-state index >= 15 is 0 Å². The molecule has 2 heterocycles. The van der Waals surface area contributed by atoms with E-state index in [0.717, 1.165) is 39.1 Å². The van der Waals surface area contributed by atoms with E-state index in [2.05, 4.69) is 27.6 Å². The number of amides is 2. The number of hydrazine groups is 1. The molecule has 1 atom stereocenters. The van der Waals surface area contributed by atoms with Gasteiger partial charge in [0.15, 0.2) is 0 Å². The highest BCUT2D eigenvalue weighted by atomic mass is 32.2. The summed E-state index contributed by atoms with van der Waals surface area (Å²) >= 11 is 0. The largest absolute Gasteiger partial charge is 0.352 e. The van der Waals surface area contributed by atoms with Crippen LogP contribution in [0.2, 0.25) is 0 Å². The number of carbonyl (C=O) groups is 2. The molecule has 4 rings (SSSR count). The van der Waals surface area contributed by atoms with Gasteiger partial charge in [-0.3, -0.25) is 9.59 Å². The lowest BCUT2D eigenvalue weighted by Crippen LogP contribution is -2.45. The molecule has 0 saturated carbocycles. The van der Waals surface area contributed by atoms with Gasteiger partial charge < -0.3 is 15.1 Å². The molecule has 2 aromatic rings. The third-order valence-electron chi connectivity index (χ3n) is 6.03. The summed E-state index contributed by atoms with van der Waals surface area (Å²) < 4.78 is 13.3. The number of nitrogens with one attached hydrogen (secondary N) is 2. The first-order valence-corrected chi connectivity index (χ1v) is 12.6.